The molecule has 0 saturated carbocycles. The molecular formula is C22H27NO3S. The highest BCUT2D eigenvalue weighted by atomic mass is 32.2. The maximum absolute atomic E-state index is 12.6. The van der Waals surface area contributed by atoms with E-state index in [2.05, 4.69) is 17.4 Å². The van der Waals surface area contributed by atoms with Gasteiger partial charge in [-0.1, -0.05) is 31.2 Å². The van der Waals surface area contributed by atoms with E-state index in [1.54, 1.807) is 11.8 Å². The van der Waals surface area contributed by atoms with Crippen molar-refractivity contribution in [1.82, 2.24) is 0 Å². The summed E-state index contributed by atoms with van der Waals surface area (Å²) >= 11 is 1.69. The molecule has 144 valence electrons. The Hall–Kier alpha value is -1.98. The standard InChI is InChI=1S/C22H27NO3S/c1-16-10-11-20(21(13-16)26-14-18-7-6-12-25-18)23-22(24)17(2)15-27-19-8-4-3-5-9-19/h3-5,8-11,13,17-18H,6-7,12,14-15H2,1-2H3,(H,23,24). The van der Waals surface area contributed by atoms with E-state index >= 15 is 0 Å². The Kier molecular flexibility index (Phi) is 7.18. The van der Waals surface area contributed by atoms with Crippen LogP contribution < -0.4 is 10.1 Å². The van der Waals surface area contributed by atoms with Crippen molar-refractivity contribution in [3.8, 4) is 5.75 Å². The maximum atomic E-state index is 12.6. The van der Waals surface area contributed by atoms with Crippen LogP contribution >= 0.6 is 11.8 Å². The zero-order chi connectivity index (χ0) is 19.1. The predicted octanol–water partition coefficient (Wildman–Crippen LogP) is 4.92. The molecule has 1 aliphatic rings. The Balaban J connectivity index is 1.57. The smallest absolute Gasteiger partial charge is 0.228 e. The number of carbonyl (C=O) groups is 1. The van der Waals surface area contributed by atoms with Gasteiger partial charge in [-0.25, -0.2) is 0 Å². The Morgan fingerprint density at radius 3 is 2.85 bits per heavy atom. The molecule has 1 N–H and O–H groups in total. The largest absolute Gasteiger partial charge is 0.489 e. The number of aryl methyl sites for hydroxylation is 1. The van der Waals surface area contributed by atoms with Gasteiger partial charge in [-0.2, -0.15) is 0 Å². The van der Waals surface area contributed by atoms with Crippen molar-refractivity contribution in [2.24, 2.45) is 5.92 Å². The number of anilines is 1. The molecule has 0 aliphatic carbocycles. The van der Waals surface area contributed by atoms with Crippen molar-refractivity contribution in [3.63, 3.8) is 0 Å². The van der Waals surface area contributed by atoms with E-state index in [0.717, 1.165) is 36.5 Å². The van der Waals surface area contributed by atoms with Crippen molar-refractivity contribution in [3.05, 3.63) is 54.1 Å². The third kappa shape index (κ3) is 6.01. The second-order valence-electron chi connectivity index (χ2n) is 6.96. The lowest BCUT2D eigenvalue weighted by Gasteiger charge is -2.17. The third-order valence-corrected chi connectivity index (χ3v) is 5.81. The monoisotopic (exact) mass is 385 g/mol. The van der Waals surface area contributed by atoms with E-state index in [0.29, 0.717) is 12.4 Å². The van der Waals surface area contributed by atoms with Crippen molar-refractivity contribution >= 4 is 23.4 Å². The van der Waals surface area contributed by atoms with Gasteiger partial charge in [-0.05, 0) is 49.6 Å². The van der Waals surface area contributed by atoms with Gasteiger partial charge < -0.3 is 14.8 Å². The maximum Gasteiger partial charge on any atom is 0.228 e. The summed E-state index contributed by atoms with van der Waals surface area (Å²) in [6.07, 6.45) is 2.26. The Labute approximate surface area is 165 Å². The van der Waals surface area contributed by atoms with Crippen LogP contribution in [-0.4, -0.2) is 31.0 Å². The molecule has 0 aromatic heterocycles. The Morgan fingerprint density at radius 1 is 1.30 bits per heavy atom. The summed E-state index contributed by atoms with van der Waals surface area (Å²) in [6, 6.07) is 16.0. The number of carbonyl (C=O) groups excluding carboxylic acids is 1. The van der Waals surface area contributed by atoms with Gasteiger partial charge in [0.1, 0.15) is 12.4 Å². The van der Waals surface area contributed by atoms with Gasteiger partial charge in [0.05, 0.1) is 11.8 Å². The average molecular weight is 386 g/mol. The first-order valence-corrected chi connectivity index (χ1v) is 10.4. The fourth-order valence-electron chi connectivity index (χ4n) is 2.88. The van der Waals surface area contributed by atoms with Crippen LogP contribution in [0.15, 0.2) is 53.4 Å². The molecule has 1 fully saturated rings. The number of amides is 1. The third-order valence-electron chi connectivity index (χ3n) is 4.53. The lowest BCUT2D eigenvalue weighted by molar-refractivity contribution is -0.118. The molecule has 5 heteroatoms. The molecule has 4 nitrogen and oxygen atoms in total. The van der Waals surface area contributed by atoms with Crippen molar-refractivity contribution < 1.29 is 14.3 Å². The number of nitrogens with one attached hydrogen (secondary N) is 1. The first kappa shape index (κ1) is 19.8. The van der Waals surface area contributed by atoms with Gasteiger partial charge in [0.15, 0.2) is 0 Å². The number of ether oxygens (including phenoxy) is 2. The molecule has 2 aromatic carbocycles. The van der Waals surface area contributed by atoms with Crippen molar-refractivity contribution in [2.45, 2.75) is 37.7 Å². The molecule has 1 heterocycles. The van der Waals surface area contributed by atoms with E-state index in [1.807, 2.05) is 50.2 Å². The molecule has 2 aromatic rings. The number of hydrogen-bond donors (Lipinski definition) is 1. The normalized spacial score (nSPS) is 17.5. The SMILES string of the molecule is Cc1ccc(NC(=O)C(C)CSc2ccccc2)c(OCC2CCCO2)c1. The van der Waals surface area contributed by atoms with Gasteiger partial charge in [0.2, 0.25) is 5.91 Å². The van der Waals surface area contributed by atoms with Crippen LogP contribution in [-0.2, 0) is 9.53 Å². The first-order chi connectivity index (χ1) is 13.1. The molecule has 1 amide bonds. The molecule has 0 radical (unpaired) electrons. The summed E-state index contributed by atoms with van der Waals surface area (Å²) in [5, 5.41) is 3.03. The lowest BCUT2D eigenvalue weighted by Crippen LogP contribution is -2.23. The average Bonchev–Trinajstić information content (AvgIpc) is 3.20. The Bertz CT molecular complexity index is 744. The fourth-order valence-corrected chi connectivity index (χ4v) is 3.82. The summed E-state index contributed by atoms with van der Waals surface area (Å²) in [5.74, 6) is 1.34. The van der Waals surface area contributed by atoms with Crippen LogP contribution in [0, 0.1) is 12.8 Å². The van der Waals surface area contributed by atoms with Gasteiger partial charge in [-0.3, -0.25) is 4.79 Å². The second-order valence-corrected chi connectivity index (χ2v) is 8.05. The molecule has 1 saturated heterocycles. The molecule has 2 atom stereocenters. The lowest BCUT2D eigenvalue weighted by atomic mass is 10.1. The summed E-state index contributed by atoms with van der Waals surface area (Å²) < 4.78 is 11.6. The van der Waals surface area contributed by atoms with E-state index in [1.165, 1.54) is 4.90 Å². The minimum atomic E-state index is -0.109. The zero-order valence-electron chi connectivity index (χ0n) is 15.9. The Morgan fingerprint density at radius 2 is 2.11 bits per heavy atom. The second kappa shape index (κ2) is 9.81. The van der Waals surface area contributed by atoms with Crippen LogP contribution in [0.5, 0.6) is 5.75 Å². The fraction of sp³-hybridized carbons (Fsp3) is 0.409. The van der Waals surface area contributed by atoms with Crippen LogP contribution in [0.4, 0.5) is 5.69 Å². The molecule has 3 rings (SSSR count). The molecule has 0 spiro atoms. The minimum absolute atomic E-state index is 0.00394. The highest BCUT2D eigenvalue weighted by Gasteiger charge is 2.19. The van der Waals surface area contributed by atoms with Crippen LogP contribution in [0.1, 0.15) is 25.3 Å². The number of rotatable bonds is 8. The van der Waals surface area contributed by atoms with E-state index in [-0.39, 0.29) is 17.9 Å². The first-order valence-electron chi connectivity index (χ1n) is 9.45. The summed E-state index contributed by atoms with van der Waals surface area (Å²) in [6.45, 7) is 5.30. The van der Waals surface area contributed by atoms with Gasteiger partial charge in [0.25, 0.3) is 0 Å². The molecule has 2 unspecified atom stereocenters. The zero-order valence-corrected chi connectivity index (χ0v) is 16.8. The van der Waals surface area contributed by atoms with E-state index in [4.69, 9.17) is 9.47 Å². The highest BCUT2D eigenvalue weighted by Crippen LogP contribution is 2.28. The van der Waals surface area contributed by atoms with Crippen molar-refractivity contribution in [2.75, 3.05) is 24.3 Å². The minimum Gasteiger partial charge on any atom is -0.489 e. The molecule has 27 heavy (non-hydrogen) atoms. The quantitative estimate of drug-likeness (QED) is 0.655. The van der Waals surface area contributed by atoms with E-state index < -0.39 is 0 Å². The van der Waals surface area contributed by atoms with Gasteiger partial charge in [-0.15, -0.1) is 11.8 Å². The topological polar surface area (TPSA) is 47.6 Å². The number of hydrogen-bond acceptors (Lipinski definition) is 4. The number of thioether (sulfide) groups is 1. The predicted molar refractivity (Wildman–Crippen MR) is 111 cm³/mol. The summed E-state index contributed by atoms with van der Waals surface area (Å²) in [5.41, 5.74) is 1.82. The highest BCUT2D eigenvalue weighted by molar-refractivity contribution is 7.99. The van der Waals surface area contributed by atoms with E-state index in [9.17, 15) is 4.79 Å². The van der Waals surface area contributed by atoms with Gasteiger partial charge >= 0.3 is 0 Å². The van der Waals surface area contributed by atoms with Gasteiger partial charge in [0, 0.05) is 23.2 Å². The molecular weight excluding hydrogens is 358 g/mol. The summed E-state index contributed by atoms with van der Waals surface area (Å²) in [4.78, 5) is 13.8. The van der Waals surface area contributed by atoms with Crippen LogP contribution in [0.2, 0.25) is 0 Å². The van der Waals surface area contributed by atoms with Crippen molar-refractivity contribution in [1.29, 1.82) is 0 Å². The van der Waals surface area contributed by atoms with Crippen LogP contribution in [0.25, 0.3) is 0 Å². The molecule has 0 bridgehead atoms. The number of benzene rings is 2. The molecule has 1 aliphatic heterocycles. The van der Waals surface area contributed by atoms with Crippen LogP contribution in [0.3, 0.4) is 0 Å². The summed E-state index contributed by atoms with van der Waals surface area (Å²) in [7, 11) is 0.